The monoisotopic (exact) mass is 397 g/mol. The Morgan fingerprint density at radius 1 is 0.929 bits per heavy atom. The van der Waals surface area contributed by atoms with Crippen molar-refractivity contribution >= 4 is 34.8 Å². The van der Waals surface area contributed by atoms with Crippen LogP contribution in [0.2, 0.25) is 5.02 Å². The van der Waals surface area contributed by atoms with Gasteiger partial charge in [0.25, 0.3) is 5.91 Å². The summed E-state index contributed by atoms with van der Waals surface area (Å²) in [5.41, 5.74) is 3.80. The van der Waals surface area contributed by atoms with Gasteiger partial charge in [-0.15, -0.1) is 0 Å². The molecular formula is C22H24ClN3O2. The number of benzene rings is 2. The highest BCUT2D eigenvalue weighted by Gasteiger charge is 2.43. The van der Waals surface area contributed by atoms with Crippen molar-refractivity contribution in [1.29, 1.82) is 0 Å². The van der Waals surface area contributed by atoms with Crippen LogP contribution in [0.15, 0.2) is 42.5 Å². The van der Waals surface area contributed by atoms with Crippen molar-refractivity contribution in [2.75, 3.05) is 36.0 Å². The van der Waals surface area contributed by atoms with Crippen LogP contribution in [-0.2, 0) is 9.59 Å². The molecule has 2 aliphatic rings. The van der Waals surface area contributed by atoms with E-state index in [2.05, 4.69) is 9.80 Å². The minimum atomic E-state index is -0.374. The quantitative estimate of drug-likeness (QED) is 0.744. The van der Waals surface area contributed by atoms with Crippen LogP contribution >= 0.6 is 11.6 Å². The highest BCUT2D eigenvalue weighted by molar-refractivity contribution is 6.33. The average Bonchev–Trinajstić information content (AvgIpc) is 2.97. The van der Waals surface area contributed by atoms with Gasteiger partial charge in [-0.3, -0.25) is 14.5 Å². The van der Waals surface area contributed by atoms with Crippen LogP contribution in [0.3, 0.4) is 0 Å². The van der Waals surface area contributed by atoms with Crippen LogP contribution in [0.4, 0.5) is 11.4 Å². The Morgan fingerprint density at radius 3 is 2.32 bits per heavy atom. The number of anilines is 2. The molecule has 0 spiro atoms. The van der Waals surface area contributed by atoms with Crippen LogP contribution in [0.25, 0.3) is 0 Å². The second-order valence-electron chi connectivity index (χ2n) is 7.55. The zero-order chi connectivity index (χ0) is 19.8. The minimum absolute atomic E-state index is 0.108. The molecule has 6 heteroatoms. The normalized spacial score (nSPS) is 20.9. The first kappa shape index (κ1) is 19.0. The van der Waals surface area contributed by atoms with E-state index in [0.29, 0.717) is 5.69 Å². The van der Waals surface area contributed by atoms with Crippen molar-refractivity contribution in [3.05, 3.63) is 58.6 Å². The van der Waals surface area contributed by atoms with Gasteiger partial charge >= 0.3 is 0 Å². The van der Waals surface area contributed by atoms with E-state index in [1.807, 2.05) is 56.3 Å². The minimum Gasteiger partial charge on any atom is -0.368 e. The standard InChI is InChI=1S/C22H24ClN3O2/c1-15-7-8-18(16(2)13-15)26-21(27)14-20(22(26)28)25-11-9-24(10-12-25)19-6-4-3-5-17(19)23/h3-8,13,20H,9-12,14H2,1-2H3/t20-/m1/s1. The van der Waals surface area contributed by atoms with Gasteiger partial charge in [-0.25, -0.2) is 4.90 Å². The molecule has 0 saturated carbocycles. The number of carbonyl (C=O) groups is 2. The largest absolute Gasteiger partial charge is 0.368 e. The second kappa shape index (κ2) is 7.57. The predicted octanol–water partition coefficient (Wildman–Crippen LogP) is 3.41. The number of rotatable bonds is 3. The number of hydrogen-bond acceptors (Lipinski definition) is 4. The first-order chi connectivity index (χ1) is 13.5. The number of carbonyl (C=O) groups excluding carboxylic acids is 2. The number of amides is 2. The third-order valence-electron chi connectivity index (χ3n) is 5.66. The third kappa shape index (κ3) is 3.40. The van der Waals surface area contributed by atoms with Crippen molar-refractivity contribution < 1.29 is 9.59 Å². The zero-order valence-electron chi connectivity index (χ0n) is 16.2. The van der Waals surface area contributed by atoms with Crippen molar-refractivity contribution in [1.82, 2.24) is 4.90 Å². The summed E-state index contributed by atoms with van der Waals surface area (Å²) in [4.78, 5) is 31.5. The summed E-state index contributed by atoms with van der Waals surface area (Å²) in [6.45, 7) is 6.98. The maximum atomic E-state index is 13.1. The summed E-state index contributed by atoms with van der Waals surface area (Å²) in [6.07, 6.45) is 0.248. The number of halogens is 1. The van der Waals surface area contributed by atoms with E-state index in [1.54, 1.807) is 0 Å². The summed E-state index contributed by atoms with van der Waals surface area (Å²) in [7, 11) is 0. The number of imide groups is 1. The second-order valence-corrected chi connectivity index (χ2v) is 7.96. The Hall–Kier alpha value is -2.37. The van der Waals surface area contributed by atoms with Crippen LogP contribution in [0.1, 0.15) is 17.5 Å². The summed E-state index contributed by atoms with van der Waals surface area (Å²) < 4.78 is 0. The van der Waals surface area contributed by atoms with E-state index >= 15 is 0 Å². The molecule has 5 nitrogen and oxygen atoms in total. The van der Waals surface area contributed by atoms with Crippen molar-refractivity contribution in [3.63, 3.8) is 0 Å². The lowest BCUT2D eigenvalue weighted by Gasteiger charge is -2.38. The molecule has 0 aliphatic carbocycles. The van der Waals surface area contributed by atoms with E-state index < -0.39 is 0 Å². The molecule has 2 aromatic carbocycles. The van der Waals surface area contributed by atoms with E-state index in [0.717, 1.165) is 48.0 Å². The Labute approximate surface area is 170 Å². The summed E-state index contributed by atoms with van der Waals surface area (Å²) in [6, 6.07) is 13.3. The van der Waals surface area contributed by atoms with Crippen LogP contribution in [0, 0.1) is 13.8 Å². The number of piperazine rings is 1. The number of aryl methyl sites for hydroxylation is 2. The summed E-state index contributed by atoms with van der Waals surface area (Å²) in [5.74, 6) is -0.223. The molecule has 4 rings (SSSR count). The van der Waals surface area contributed by atoms with Crippen molar-refractivity contribution in [2.45, 2.75) is 26.3 Å². The highest BCUT2D eigenvalue weighted by Crippen LogP contribution is 2.31. The maximum Gasteiger partial charge on any atom is 0.251 e. The molecule has 146 valence electrons. The Balaban J connectivity index is 1.47. The molecule has 0 aromatic heterocycles. The molecule has 2 saturated heterocycles. The van der Waals surface area contributed by atoms with E-state index in [-0.39, 0.29) is 24.3 Å². The lowest BCUT2D eigenvalue weighted by Crippen LogP contribution is -2.52. The van der Waals surface area contributed by atoms with Gasteiger partial charge in [-0.05, 0) is 37.6 Å². The average molecular weight is 398 g/mol. The van der Waals surface area contributed by atoms with Gasteiger partial charge in [-0.2, -0.15) is 0 Å². The van der Waals surface area contributed by atoms with Gasteiger partial charge in [0.2, 0.25) is 5.91 Å². The number of hydrogen-bond donors (Lipinski definition) is 0. The predicted molar refractivity (Wildman–Crippen MR) is 112 cm³/mol. The van der Waals surface area contributed by atoms with Crippen molar-refractivity contribution in [2.24, 2.45) is 0 Å². The molecular weight excluding hydrogens is 374 g/mol. The van der Waals surface area contributed by atoms with Gasteiger partial charge in [0.15, 0.2) is 0 Å². The van der Waals surface area contributed by atoms with Gasteiger partial charge in [-0.1, -0.05) is 41.4 Å². The fourth-order valence-corrected chi connectivity index (χ4v) is 4.45. The third-order valence-corrected chi connectivity index (χ3v) is 5.98. The molecule has 1 atom stereocenters. The van der Waals surface area contributed by atoms with Gasteiger partial charge < -0.3 is 4.90 Å². The first-order valence-electron chi connectivity index (χ1n) is 9.63. The first-order valence-corrected chi connectivity index (χ1v) is 10.0. The number of para-hydroxylation sites is 1. The topological polar surface area (TPSA) is 43.9 Å². The van der Waals surface area contributed by atoms with E-state index in [1.165, 1.54) is 4.90 Å². The van der Waals surface area contributed by atoms with Crippen molar-refractivity contribution in [3.8, 4) is 0 Å². The van der Waals surface area contributed by atoms with E-state index in [9.17, 15) is 9.59 Å². The van der Waals surface area contributed by atoms with E-state index in [4.69, 9.17) is 11.6 Å². The molecule has 2 aliphatic heterocycles. The fraction of sp³-hybridized carbons (Fsp3) is 0.364. The molecule has 0 unspecified atom stereocenters. The van der Waals surface area contributed by atoms with Crippen LogP contribution in [-0.4, -0.2) is 48.9 Å². The van der Waals surface area contributed by atoms with Gasteiger partial charge in [0, 0.05) is 26.2 Å². The summed E-state index contributed by atoms with van der Waals surface area (Å²) >= 11 is 6.32. The summed E-state index contributed by atoms with van der Waals surface area (Å²) in [5, 5.41) is 0.740. The molecule has 0 N–H and O–H groups in total. The Kier molecular flexibility index (Phi) is 5.13. The Bertz CT molecular complexity index is 922. The highest BCUT2D eigenvalue weighted by atomic mass is 35.5. The zero-order valence-corrected chi connectivity index (χ0v) is 16.9. The molecule has 0 bridgehead atoms. The maximum absolute atomic E-state index is 13.1. The van der Waals surface area contributed by atoms with Gasteiger partial charge in [0.05, 0.1) is 28.9 Å². The van der Waals surface area contributed by atoms with Crippen LogP contribution in [0.5, 0.6) is 0 Å². The lowest BCUT2D eigenvalue weighted by molar-refractivity contribution is -0.123. The molecule has 2 aromatic rings. The molecule has 2 heterocycles. The fourth-order valence-electron chi connectivity index (χ4n) is 4.19. The SMILES string of the molecule is Cc1ccc(N2C(=O)C[C@@H](N3CCN(c4ccccc4Cl)CC3)C2=O)c(C)c1. The molecule has 2 amide bonds. The molecule has 28 heavy (non-hydrogen) atoms. The smallest absolute Gasteiger partial charge is 0.251 e. The lowest BCUT2D eigenvalue weighted by atomic mass is 10.1. The molecule has 2 fully saturated rings. The number of nitrogens with zero attached hydrogens (tertiary/aromatic N) is 3. The Morgan fingerprint density at radius 2 is 1.64 bits per heavy atom. The molecule has 0 radical (unpaired) electrons. The van der Waals surface area contributed by atoms with Crippen LogP contribution < -0.4 is 9.80 Å². The van der Waals surface area contributed by atoms with Gasteiger partial charge in [0.1, 0.15) is 0 Å².